The standard InChI is InChI=1S/C19H26N2O3/c1-5-22-6-2-20(1)18-14-10-9-11-13-12(10)16(18)17(13)19(24-18,15(11)14)21-3-7-23-8-4-21/h10-17H,1-9H2/t10-,11+,12-,13+,14-,15-,16+,17+,18+,19+/m0/s1. The Bertz CT molecular complexity index is 576. The lowest BCUT2D eigenvalue weighted by molar-refractivity contribution is -0.226. The Morgan fingerprint density at radius 2 is 1.08 bits per heavy atom. The Labute approximate surface area is 142 Å². The van der Waals surface area contributed by atoms with E-state index in [9.17, 15) is 0 Å². The number of morpholine rings is 2. The normalized spacial score (nSPS) is 68.5. The van der Waals surface area contributed by atoms with Crippen LogP contribution in [-0.2, 0) is 14.2 Å². The summed E-state index contributed by atoms with van der Waals surface area (Å²) in [5, 5.41) is 0. The highest BCUT2D eigenvalue weighted by Gasteiger charge is 2.98. The zero-order valence-electron chi connectivity index (χ0n) is 14.1. The lowest BCUT2D eigenvalue weighted by atomic mass is 9.57. The molecule has 10 atom stereocenters. The topological polar surface area (TPSA) is 34.2 Å². The van der Waals surface area contributed by atoms with E-state index in [0.29, 0.717) is 0 Å². The van der Waals surface area contributed by atoms with Gasteiger partial charge in [-0.3, -0.25) is 9.80 Å². The molecular weight excluding hydrogens is 304 g/mol. The Morgan fingerprint density at radius 3 is 1.54 bits per heavy atom. The molecule has 5 saturated carbocycles. The van der Waals surface area contributed by atoms with Gasteiger partial charge in [0.2, 0.25) is 0 Å². The Kier molecular flexibility index (Phi) is 2.03. The first kappa shape index (κ1) is 13.0. The van der Waals surface area contributed by atoms with Crippen molar-refractivity contribution in [2.75, 3.05) is 52.6 Å². The molecule has 0 aromatic carbocycles. The molecule has 24 heavy (non-hydrogen) atoms. The van der Waals surface area contributed by atoms with E-state index in [0.717, 1.165) is 99.9 Å². The van der Waals surface area contributed by atoms with Crippen molar-refractivity contribution < 1.29 is 14.2 Å². The van der Waals surface area contributed by atoms with Gasteiger partial charge in [-0.1, -0.05) is 0 Å². The molecule has 0 aromatic rings. The largest absolute Gasteiger partial charge is 0.379 e. The van der Waals surface area contributed by atoms with Crippen LogP contribution >= 0.6 is 0 Å². The second-order valence-corrected chi connectivity index (χ2v) is 9.63. The molecule has 9 rings (SSSR count). The van der Waals surface area contributed by atoms with Crippen LogP contribution in [0, 0.1) is 47.3 Å². The van der Waals surface area contributed by atoms with Crippen molar-refractivity contribution in [3.05, 3.63) is 0 Å². The second-order valence-electron chi connectivity index (χ2n) is 9.63. The van der Waals surface area contributed by atoms with Crippen LogP contribution in [0.1, 0.15) is 6.42 Å². The van der Waals surface area contributed by atoms with Crippen molar-refractivity contribution in [3.63, 3.8) is 0 Å². The van der Waals surface area contributed by atoms with Gasteiger partial charge in [0, 0.05) is 49.9 Å². The molecule has 130 valence electrons. The summed E-state index contributed by atoms with van der Waals surface area (Å²) in [4.78, 5) is 5.50. The van der Waals surface area contributed by atoms with Crippen LogP contribution in [0.4, 0.5) is 0 Å². The van der Waals surface area contributed by atoms with Gasteiger partial charge < -0.3 is 14.2 Å². The van der Waals surface area contributed by atoms with Crippen molar-refractivity contribution in [2.45, 2.75) is 17.9 Å². The van der Waals surface area contributed by atoms with Gasteiger partial charge >= 0.3 is 0 Å². The van der Waals surface area contributed by atoms with Crippen molar-refractivity contribution in [3.8, 4) is 0 Å². The van der Waals surface area contributed by atoms with Crippen LogP contribution in [0.25, 0.3) is 0 Å². The zero-order valence-corrected chi connectivity index (χ0v) is 14.1. The fraction of sp³-hybridized carbons (Fsp3) is 1.00. The van der Waals surface area contributed by atoms with Crippen molar-refractivity contribution in [1.82, 2.24) is 9.80 Å². The van der Waals surface area contributed by atoms with Crippen molar-refractivity contribution in [2.24, 2.45) is 47.3 Å². The minimum absolute atomic E-state index is 0.0918. The second kappa shape index (κ2) is 3.74. The highest BCUT2D eigenvalue weighted by atomic mass is 16.6. The third-order valence-corrected chi connectivity index (χ3v) is 9.75. The van der Waals surface area contributed by atoms with Crippen LogP contribution in [0.15, 0.2) is 0 Å². The Hall–Kier alpha value is -0.200. The van der Waals surface area contributed by atoms with E-state index in [2.05, 4.69) is 9.80 Å². The summed E-state index contributed by atoms with van der Waals surface area (Å²) in [6, 6.07) is 0. The lowest BCUT2D eigenvalue weighted by Gasteiger charge is -2.52. The fourth-order valence-electron chi connectivity index (χ4n) is 9.82. The molecule has 4 bridgehead atoms. The van der Waals surface area contributed by atoms with E-state index < -0.39 is 0 Å². The molecule has 5 nitrogen and oxygen atoms in total. The Balaban J connectivity index is 1.31. The molecule has 0 N–H and O–H groups in total. The van der Waals surface area contributed by atoms with Gasteiger partial charge in [-0.05, 0) is 30.1 Å². The molecule has 0 aromatic heterocycles. The molecule has 0 spiro atoms. The molecule has 0 unspecified atom stereocenters. The van der Waals surface area contributed by atoms with Gasteiger partial charge in [0.25, 0.3) is 0 Å². The van der Waals surface area contributed by atoms with E-state index in [1.807, 2.05) is 0 Å². The van der Waals surface area contributed by atoms with Gasteiger partial charge in [-0.25, -0.2) is 0 Å². The number of nitrogens with zero attached hydrogens (tertiary/aromatic N) is 2. The van der Waals surface area contributed by atoms with Crippen LogP contribution in [-0.4, -0.2) is 73.9 Å². The summed E-state index contributed by atoms with van der Waals surface area (Å²) >= 11 is 0. The smallest absolute Gasteiger partial charge is 0.131 e. The first-order valence-electron chi connectivity index (χ1n) is 10.2. The number of hydrogen-bond donors (Lipinski definition) is 0. The summed E-state index contributed by atoms with van der Waals surface area (Å²) in [5.41, 5.74) is 0.184. The van der Waals surface area contributed by atoms with Gasteiger partial charge in [0.1, 0.15) is 11.4 Å². The molecule has 0 amide bonds. The number of ether oxygens (including phenoxy) is 3. The predicted molar refractivity (Wildman–Crippen MR) is 83.9 cm³/mol. The van der Waals surface area contributed by atoms with Gasteiger partial charge in [0.05, 0.1) is 26.4 Å². The maximum atomic E-state index is 7.36. The highest BCUT2D eigenvalue weighted by Crippen LogP contribution is 2.93. The summed E-state index contributed by atoms with van der Waals surface area (Å²) in [6.45, 7) is 7.92. The third kappa shape index (κ3) is 0.986. The van der Waals surface area contributed by atoms with Crippen molar-refractivity contribution in [1.29, 1.82) is 0 Å². The van der Waals surface area contributed by atoms with E-state index in [-0.39, 0.29) is 11.4 Å². The molecule has 0 radical (unpaired) electrons. The summed E-state index contributed by atoms with van der Waals surface area (Å²) in [5.74, 6) is 7.31. The number of rotatable bonds is 2. The zero-order chi connectivity index (χ0) is 15.3. The van der Waals surface area contributed by atoms with Crippen LogP contribution in [0.5, 0.6) is 0 Å². The molecule has 4 saturated heterocycles. The molecule has 9 aliphatic rings. The minimum Gasteiger partial charge on any atom is -0.379 e. The summed E-state index contributed by atoms with van der Waals surface area (Å²) < 4.78 is 18.7. The van der Waals surface area contributed by atoms with E-state index >= 15 is 0 Å². The number of hydrogen-bond acceptors (Lipinski definition) is 5. The quantitative estimate of drug-likeness (QED) is 0.735. The van der Waals surface area contributed by atoms with Gasteiger partial charge in [-0.2, -0.15) is 0 Å². The monoisotopic (exact) mass is 330 g/mol. The first-order chi connectivity index (χ1) is 11.9. The molecule has 5 aliphatic carbocycles. The van der Waals surface area contributed by atoms with Crippen LogP contribution < -0.4 is 0 Å². The van der Waals surface area contributed by atoms with E-state index in [4.69, 9.17) is 14.2 Å². The summed E-state index contributed by atoms with van der Waals surface area (Å²) in [7, 11) is 0. The molecule has 4 aliphatic heterocycles. The minimum atomic E-state index is 0.0918. The predicted octanol–water partition coefficient (Wildman–Crippen LogP) is 0.461. The van der Waals surface area contributed by atoms with Crippen LogP contribution in [0.2, 0.25) is 0 Å². The average molecular weight is 330 g/mol. The third-order valence-electron chi connectivity index (χ3n) is 9.75. The summed E-state index contributed by atoms with van der Waals surface area (Å²) in [6.07, 6.45) is 1.53. The molecule has 9 fully saturated rings. The van der Waals surface area contributed by atoms with Crippen molar-refractivity contribution >= 4 is 0 Å². The van der Waals surface area contributed by atoms with Gasteiger partial charge in [-0.15, -0.1) is 0 Å². The molecule has 4 heterocycles. The average Bonchev–Trinajstić information content (AvgIpc) is 3.28. The molecular formula is C19H26N2O3. The maximum Gasteiger partial charge on any atom is 0.131 e. The SMILES string of the molecule is C1CN([C@]23O[C@@]4(N5CCOCC5)[C@@H]5[C@H]6[C@@H]7C[C@H]([C@H]6[C@H]52)[C@H]3[C@H]74)CCO1. The highest BCUT2D eigenvalue weighted by molar-refractivity contribution is 5.42. The van der Waals surface area contributed by atoms with Gasteiger partial charge in [0.15, 0.2) is 0 Å². The van der Waals surface area contributed by atoms with E-state index in [1.54, 1.807) is 0 Å². The Morgan fingerprint density at radius 1 is 0.625 bits per heavy atom. The van der Waals surface area contributed by atoms with Crippen LogP contribution in [0.3, 0.4) is 0 Å². The molecule has 5 heteroatoms. The maximum absolute atomic E-state index is 7.36. The first-order valence-corrected chi connectivity index (χ1v) is 10.2. The fourth-order valence-corrected chi connectivity index (χ4v) is 9.82. The van der Waals surface area contributed by atoms with E-state index in [1.165, 1.54) is 6.42 Å². The lowest BCUT2D eigenvalue weighted by Crippen LogP contribution is -2.63.